The number of nitrogens with one attached hydrogen (secondary N) is 1. The van der Waals surface area contributed by atoms with Crippen LogP contribution in [0.1, 0.15) is 41.3 Å². The van der Waals surface area contributed by atoms with Gasteiger partial charge in [-0.15, -0.1) is 0 Å². The Kier molecular flexibility index (Phi) is 6.59. The van der Waals surface area contributed by atoms with Gasteiger partial charge in [-0.05, 0) is 75.1 Å². The van der Waals surface area contributed by atoms with E-state index in [2.05, 4.69) is 5.32 Å². The molecule has 156 valence electrons. The zero-order valence-electron chi connectivity index (χ0n) is 17.1. The van der Waals surface area contributed by atoms with Crippen molar-refractivity contribution >= 4 is 15.9 Å². The summed E-state index contributed by atoms with van der Waals surface area (Å²) in [5, 5.41) is 3.02. The van der Waals surface area contributed by atoms with E-state index in [1.807, 2.05) is 32.9 Å². The Hall–Kier alpha value is -2.38. The maximum atomic E-state index is 13.0. The number of amides is 1. The summed E-state index contributed by atoms with van der Waals surface area (Å²) < 4.78 is 33.0. The Morgan fingerprint density at radius 2 is 1.76 bits per heavy atom. The highest BCUT2D eigenvalue weighted by atomic mass is 32.2. The number of carbonyl (C=O) groups is 1. The molecule has 2 aromatic carbocycles. The van der Waals surface area contributed by atoms with Crippen LogP contribution < -0.4 is 10.1 Å². The van der Waals surface area contributed by atoms with E-state index >= 15 is 0 Å². The van der Waals surface area contributed by atoms with Crippen molar-refractivity contribution in [2.45, 2.75) is 44.6 Å². The van der Waals surface area contributed by atoms with E-state index < -0.39 is 10.0 Å². The smallest absolute Gasteiger partial charge is 0.251 e. The highest BCUT2D eigenvalue weighted by Gasteiger charge is 2.31. The third-order valence-electron chi connectivity index (χ3n) is 5.18. The van der Waals surface area contributed by atoms with Crippen LogP contribution in [0.25, 0.3) is 0 Å². The van der Waals surface area contributed by atoms with Crippen LogP contribution in [-0.2, 0) is 10.0 Å². The molecular weight excluding hydrogens is 388 g/mol. The first-order valence-corrected chi connectivity index (χ1v) is 11.4. The molecule has 0 atom stereocenters. The van der Waals surface area contributed by atoms with E-state index in [0.29, 0.717) is 43.0 Å². The highest BCUT2D eigenvalue weighted by molar-refractivity contribution is 7.89. The second-order valence-corrected chi connectivity index (χ2v) is 9.28. The topological polar surface area (TPSA) is 75.7 Å². The zero-order valence-corrected chi connectivity index (χ0v) is 18.0. The number of rotatable bonds is 6. The summed E-state index contributed by atoms with van der Waals surface area (Å²) in [6.45, 7) is 6.98. The van der Waals surface area contributed by atoms with Gasteiger partial charge in [-0.1, -0.05) is 12.1 Å². The van der Waals surface area contributed by atoms with Gasteiger partial charge < -0.3 is 10.1 Å². The molecule has 1 heterocycles. The molecule has 0 saturated carbocycles. The summed E-state index contributed by atoms with van der Waals surface area (Å²) in [5.74, 6) is 0.581. The van der Waals surface area contributed by atoms with Crippen molar-refractivity contribution in [3.63, 3.8) is 0 Å². The average Bonchev–Trinajstić information content (AvgIpc) is 2.71. The molecule has 1 N–H and O–H groups in total. The van der Waals surface area contributed by atoms with Gasteiger partial charge in [0.25, 0.3) is 5.91 Å². The SMILES string of the molecule is CCOc1ccc(C(=O)NC2CCN(S(=O)(=O)c3cc(C)ccc3C)CC2)cc1. The minimum absolute atomic E-state index is 0.0425. The van der Waals surface area contributed by atoms with Crippen LogP contribution in [-0.4, -0.2) is 44.4 Å². The van der Waals surface area contributed by atoms with Gasteiger partial charge >= 0.3 is 0 Å². The Morgan fingerprint density at radius 1 is 1.10 bits per heavy atom. The monoisotopic (exact) mass is 416 g/mol. The van der Waals surface area contributed by atoms with Gasteiger partial charge in [0.15, 0.2) is 0 Å². The van der Waals surface area contributed by atoms with E-state index in [1.165, 1.54) is 4.31 Å². The molecule has 0 unspecified atom stereocenters. The van der Waals surface area contributed by atoms with Crippen LogP contribution in [0, 0.1) is 13.8 Å². The van der Waals surface area contributed by atoms with Crippen molar-refractivity contribution in [2.24, 2.45) is 0 Å². The molecule has 1 fully saturated rings. The minimum atomic E-state index is -3.52. The van der Waals surface area contributed by atoms with Crippen molar-refractivity contribution < 1.29 is 17.9 Å². The lowest BCUT2D eigenvalue weighted by Crippen LogP contribution is -2.46. The normalized spacial score (nSPS) is 15.8. The van der Waals surface area contributed by atoms with Gasteiger partial charge in [-0.3, -0.25) is 4.79 Å². The van der Waals surface area contributed by atoms with Gasteiger partial charge in [0.2, 0.25) is 10.0 Å². The van der Waals surface area contributed by atoms with Crippen LogP contribution in [0.15, 0.2) is 47.4 Å². The van der Waals surface area contributed by atoms with Crippen molar-refractivity contribution in [1.82, 2.24) is 9.62 Å². The molecule has 1 aliphatic heterocycles. The third-order valence-corrected chi connectivity index (χ3v) is 7.22. The molecule has 2 aromatic rings. The van der Waals surface area contributed by atoms with Gasteiger partial charge in [-0.25, -0.2) is 8.42 Å². The Balaban J connectivity index is 1.60. The maximum absolute atomic E-state index is 13.0. The van der Waals surface area contributed by atoms with E-state index in [-0.39, 0.29) is 11.9 Å². The Labute approximate surface area is 172 Å². The van der Waals surface area contributed by atoms with Gasteiger partial charge in [0, 0.05) is 24.7 Å². The van der Waals surface area contributed by atoms with Gasteiger partial charge in [-0.2, -0.15) is 4.31 Å². The fourth-order valence-corrected chi connectivity index (χ4v) is 5.28. The largest absolute Gasteiger partial charge is 0.494 e. The lowest BCUT2D eigenvalue weighted by atomic mass is 10.1. The van der Waals surface area contributed by atoms with Crippen LogP contribution in [0.2, 0.25) is 0 Å². The first-order chi connectivity index (χ1) is 13.8. The zero-order chi connectivity index (χ0) is 21.0. The predicted octanol–water partition coefficient (Wildman–Crippen LogP) is 3.29. The number of benzene rings is 2. The fourth-order valence-electron chi connectivity index (χ4n) is 3.50. The molecule has 1 aliphatic rings. The van der Waals surface area contributed by atoms with Crippen LogP contribution in [0.3, 0.4) is 0 Å². The predicted molar refractivity (Wildman–Crippen MR) is 113 cm³/mol. The molecular formula is C22H28N2O4S. The molecule has 1 saturated heterocycles. The Bertz CT molecular complexity index is 963. The van der Waals surface area contributed by atoms with Crippen molar-refractivity contribution in [2.75, 3.05) is 19.7 Å². The number of nitrogens with zero attached hydrogens (tertiary/aromatic N) is 1. The first kappa shape index (κ1) is 21.3. The molecule has 7 heteroatoms. The van der Waals surface area contributed by atoms with E-state index in [4.69, 9.17) is 4.74 Å². The molecule has 6 nitrogen and oxygen atoms in total. The second kappa shape index (κ2) is 8.97. The fraction of sp³-hybridized carbons (Fsp3) is 0.409. The molecule has 29 heavy (non-hydrogen) atoms. The number of carbonyl (C=O) groups excluding carboxylic acids is 1. The van der Waals surface area contributed by atoms with E-state index in [0.717, 1.165) is 16.9 Å². The molecule has 0 aliphatic carbocycles. The number of hydrogen-bond donors (Lipinski definition) is 1. The number of piperidine rings is 1. The maximum Gasteiger partial charge on any atom is 0.251 e. The first-order valence-electron chi connectivity index (χ1n) is 9.92. The van der Waals surface area contributed by atoms with Crippen LogP contribution in [0.5, 0.6) is 5.75 Å². The summed E-state index contributed by atoms with van der Waals surface area (Å²) >= 11 is 0. The summed E-state index contributed by atoms with van der Waals surface area (Å²) in [7, 11) is -3.52. The average molecular weight is 417 g/mol. The lowest BCUT2D eigenvalue weighted by Gasteiger charge is -2.32. The quantitative estimate of drug-likeness (QED) is 0.784. The van der Waals surface area contributed by atoms with Crippen LogP contribution >= 0.6 is 0 Å². The summed E-state index contributed by atoms with van der Waals surface area (Å²) in [4.78, 5) is 12.9. The molecule has 0 radical (unpaired) electrons. The molecule has 0 aromatic heterocycles. The second-order valence-electron chi connectivity index (χ2n) is 7.38. The van der Waals surface area contributed by atoms with Crippen molar-refractivity contribution in [3.05, 3.63) is 59.2 Å². The summed E-state index contributed by atoms with van der Waals surface area (Å²) in [5.41, 5.74) is 2.24. The molecule has 0 bridgehead atoms. The molecule has 1 amide bonds. The summed E-state index contributed by atoms with van der Waals surface area (Å²) in [6.07, 6.45) is 1.18. The van der Waals surface area contributed by atoms with Crippen LogP contribution in [0.4, 0.5) is 0 Å². The number of sulfonamides is 1. The van der Waals surface area contributed by atoms with E-state index in [1.54, 1.807) is 30.3 Å². The minimum Gasteiger partial charge on any atom is -0.494 e. The lowest BCUT2D eigenvalue weighted by molar-refractivity contribution is 0.0924. The van der Waals surface area contributed by atoms with Gasteiger partial charge in [0.05, 0.1) is 11.5 Å². The number of aryl methyl sites for hydroxylation is 2. The van der Waals surface area contributed by atoms with E-state index in [9.17, 15) is 13.2 Å². The number of ether oxygens (including phenoxy) is 1. The standard InChI is InChI=1S/C22H28N2O4S/c1-4-28-20-9-7-18(8-10-20)22(25)23-19-11-13-24(14-12-19)29(26,27)21-15-16(2)5-6-17(21)3/h5-10,15,19H,4,11-14H2,1-3H3,(H,23,25). The molecule has 3 rings (SSSR count). The number of hydrogen-bond acceptors (Lipinski definition) is 4. The van der Waals surface area contributed by atoms with Crippen molar-refractivity contribution in [3.8, 4) is 5.75 Å². The highest BCUT2D eigenvalue weighted by Crippen LogP contribution is 2.24. The molecule has 0 spiro atoms. The van der Waals surface area contributed by atoms with Gasteiger partial charge in [0.1, 0.15) is 5.75 Å². The summed E-state index contributed by atoms with van der Waals surface area (Å²) in [6, 6.07) is 12.5. The Morgan fingerprint density at radius 3 is 2.38 bits per heavy atom. The van der Waals surface area contributed by atoms with Crippen molar-refractivity contribution in [1.29, 1.82) is 0 Å². The third kappa shape index (κ3) is 4.97.